The molecule has 2 amide bonds. The third-order valence-corrected chi connectivity index (χ3v) is 5.47. The van der Waals surface area contributed by atoms with E-state index in [4.69, 9.17) is 14.2 Å². The lowest BCUT2D eigenvalue weighted by atomic mass is 10.1. The molecule has 1 unspecified atom stereocenters. The van der Waals surface area contributed by atoms with Gasteiger partial charge in [-0.05, 0) is 30.7 Å². The predicted molar refractivity (Wildman–Crippen MR) is 112 cm³/mol. The van der Waals surface area contributed by atoms with Crippen LogP contribution < -0.4 is 19.1 Å². The second-order valence-electron chi connectivity index (χ2n) is 7.61. The van der Waals surface area contributed by atoms with Gasteiger partial charge < -0.3 is 24.0 Å². The van der Waals surface area contributed by atoms with E-state index in [1.165, 1.54) is 0 Å². The molecule has 158 valence electrons. The molecule has 1 saturated heterocycles. The lowest BCUT2D eigenvalue weighted by molar-refractivity contribution is -0.134. The number of carbonyl (C=O) groups is 2. The van der Waals surface area contributed by atoms with Crippen molar-refractivity contribution in [2.24, 2.45) is 5.92 Å². The molecule has 7 heteroatoms. The van der Waals surface area contributed by atoms with Crippen LogP contribution in [-0.2, 0) is 9.59 Å². The van der Waals surface area contributed by atoms with Gasteiger partial charge in [0.15, 0.2) is 11.5 Å². The summed E-state index contributed by atoms with van der Waals surface area (Å²) in [6.07, 6.45) is 0.205. The zero-order valence-corrected chi connectivity index (χ0v) is 17.3. The summed E-state index contributed by atoms with van der Waals surface area (Å²) >= 11 is 0. The first-order valence-electron chi connectivity index (χ1n) is 10.2. The van der Waals surface area contributed by atoms with E-state index in [1.54, 1.807) is 29.0 Å². The van der Waals surface area contributed by atoms with Crippen molar-refractivity contribution in [3.63, 3.8) is 0 Å². The molecule has 0 N–H and O–H groups in total. The average molecular weight is 410 g/mol. The van der Waals surface area contributed by atoms with E-state index in [-0.39, 0.29) is 24.2 Å². The number of likely N-dealkylation sites (N-methyl/N-ethyl adjacent to an activating group) is 1. The Balaban J connectivity index is 1.34. The van der Waals surface area contributed by atoms with Crippen LogP contribution in [0.2, 0.25) is 0 Å². The maximum Gasteiger partial charge on any atom is 0.227 e. The van der Waals surface area contributed by atoms with E-state index in [0.29, 0.717) is 44.4 Å². The fourth-order valence-electron chi connectivity index (χ4n) is 3.76. The Morgan fingerprint density at radius 3 is 2.73 bits per heavy atom. The molecule has 0 aromatic heterocycles. The molecule has 1 atom stereocenters. The van der Waals surface area contributed by atoms with E-state index >= 15 is 0 Å². The second-order valence-corrected chi connectivity index (χ2v) is 7.61. The molecule has 2 aromatic carbocycles. The van der Waals surface area contributed by atoms with Crippen molar-refractivity contribution in [3.05, 3.63) is 48.0 Å². The Labute approximate surface area is 176 Å². The number of amides is 2. The van der Waals surface area contributed by atoms with Crippen molar-refractivity contribution in [2.75, 3.05) is 44.9 Å². The van der Waals surface area contributed by atoms with Gasteiger partial charge in [-0.3, -0.25) is 9.59 Å². The molecule has 1 fully saturated rings. The van der Waals surface area contributed by atoms with Gasteiger partial charge in [-0.2, -0.15) is 0 Å². The van der Waals surface area contributed by atoms with Gasteiger partial charge in [0, 0.05) is 31.8 Å². The predicted octanol–water partition coefficient (Wildman–Crippen LogP) is 2.66. The largest absolute Gasteiger partial charge is 0.491 e. The molecule has 0 spiro atoms. The van der Waals surface area contributed by atoms with E-state index in [1.807, 2.05) is 37.3 Å². The second kappa shape index (κ2) is 8.65. The molecule has 0 radical (unpaired) electrons. The van der Waals surface area contributed by atoms with Crippen molar-refractivity contribution in [1.82, 2.24) is 4.90 Å². The summed E-state index contributed by atoms with van der Waals surface area (Å²) in [6.45, 7) is 4.22. The highest BCUT2D eigenvalue weighted by atomic mass is 16.6. The van der Waals surface area contributed by atoms with Crippen LogP contribution in [0.25, 0.3) is 0 Å². The summed E-state index contributed by atoms with van der Waals surface area (Å²) in [4.78, 5) is 28.7. The number of hydrogen-bond acceptors (Lipinski definition) is 5. The number of para-hydroxylation sites is 1. The molecule has 2 aliphatic heterocycles. The van der Waals surface area contributed by atoms with E-state index in [0.717, 1.165) is 17.0 Å². The van der Waals surface area contributed by atoms with Gasteiger partial charge in [-0.1, -0.05) is 18.2 Å². The smallest absolute Gasteiger partial charge is 0.227 e. The third-order valence-electron chi connectivity index (χ3n) is 5.47. The van der Waals surface area contributed by atoms with Gasteiger partial charge in [0.1, 0.15) is 25.6 Å². The number of benzene rings is 2. The number of hydrogen-bond donors (Lipinski definition) is 0. The molecule has 2 aromatic rings. The first-order valence-corrected chi connectivity index (χ1v) is 10.2. The van der Waals surface area contributed by atoms with Gasteiger partial charge in [0.2, 0.25) is 11.8 Å². The lowest BCUT2D eigenvalue weighted by Gasteiger charge is -2.23. The summed E-state index contributed by atoms with van der Waals surface area (Å²) in [7, 11) is 1.75. The number of aryl methyl sites for hydroxylation is 1. The Morgan fingerprint density at radius 1 is 1.17 bits per heavy atom. The molecule has 0 aliphatic carbocycles. The number of ether oxygens (including phenoxy) is 3. The van der Waals surface area contributed by atoms with Crippen LogP contribution in [0.5, 0.6) is 17.2 Å². The van der Waals surface area contributed by atoms with Crippen LogP contribution in [-0.4, -0.2) is 56.7 Å². The number of rotatable bonds is 6. The van der Waals surface area contributed by atoms with Crippen molar-refractivity contribution in [3.8, 4) is 17.2 Å². The lowest BCUT2D eigenvalue weighted by Crippen LogP contribution is -2.37. The van der Waals surface area contributed by atoms with Crippen LogP contribution in [0, 0.1) is 12.8 Å². The average Bonchev–Trinajstić information content (AvgIpc) is 3.15. The van der Waals surface area contributed by atoms with Crippen molar-refractivity contribution < 1.29 is 23.8 Å². The number of fused-ring (bicyclic) bond motifs is 1. The molecule has 4 rings (SSSR count). The molecule has 30 heavy (non-hydrogen) atoms. The fraction of sp³-hybridized carbons (Fsp3) is 0.391. The molecule has 2 aliphatic rings. The summed E-state index contributed by atoms with van der Waals surface area (Å²) in [5.74, 6) is 1.66. The van der Waals surface area contributed by atoms with Gasteiger partial charge >= 0.3 is 0 Å². The highest BCUT2D eigenvalue weighted by Crippen LogP contribution is 2.36. The van der Waals surface area contributed by atoms with Gasteiger partial charge in [-0.15, -0.1) is 0 Å². The van der Waals surface area contributed by atoms with Gasteiger partial charge in [-0.25, -0.2) is 0 Å². The van der Waals surface area contributed by atoms with E-state index in [2.05, 4.69) is 0 Å². The number of nitrogens with zero attached hydrogens (tertiary/aromatic N) is 2. The topological polar surface area (TPSA) is 68.3 Å². The van der Waals surface area contributed by atoms with E-state index in [9.17, 15) is 9.59 Å². The molecular weight excluding hydrogens is 384 g/mol. The van der Waals surface area contributed by atoms with Gasteiger partial charge in [0.05, 0.1) is 12.5 Å². The maximum absolute atomic E-state index is 12.9. The fourth-order valence-corrected chi connectivity index (χ4v) is 3.76. The standard InChI is InChI=1S/C23H26N2O5/c1-16-5-3-4-6-19(16)28-10-9-24(2)23(27)17-13-22(26)25(15-17)18-7-8-20-21(14-18)30-12-11-29-20/h3-8,14,17H,9-13,15H2,1-2H3. The molecular formula is C23H26N2O5. The van der Waals surface area contributed by atoms with Crippen molar-refractivity contribution >= 4 is 17.5 Å². The van der Waals surface area contributed by atoms with Crippen LogP contribution in [0.4, 0.5) is 5.69 Å². The summed E-state index contributed by atoms with van der Waals surface area (Å²) in [6, 6.07) is 13.2. The summed E-state index contributed by atoms with van der Waals surface area (Å²) in [5.41, 5.74) is 1.79. The molecule has 7 nitrogen and oxygen atoms in total. The summed E-state index contributed by atoms with van der Waals surface area (Å²) in [5, 5.41) is 0. The van der Waals surface area contributed by atoms with Crippen molar-refractivity contribution in [2.45, 2.75) is 13.3 Å². The molecule has 2 heterocycles. The van der Waals surface area contributed by atoms with Crippen LogP contribution in [0.1, 0.15) is 12.0 Å². The number of anilines is 1. The zero-order valence-electron chi connectivity index (χ0n) is 17.3. The monoisotopic (exact) mass is 410 g/mol. The van der Waals surface area contributed by atoms with Crippen molar-refractivity contribution in [1.29, 1.82) is 0 Å². The Kier molecular flexibility index (Phi) is 5.79. The quantitative estimate of drug-likeness (QED) is 0.732. The maximum atomic E-state index is 12.9. The first-order chi connectivity index (χ1) is 14.5. The highest BCUT2D eigenvalue weighted by Gasteiger charge is 2.36. The van der Waals surface area contributed by atoms with Crippen LogP contribution in [0.15, 0.2) is 42.5 Å². The minimum Gasteiger partial charge on any atom is -0.491 e. The molecule has 0 bridgehead atoms. The highest BCUT2D eigenvalue weighted by molar-refractivity contribution is 6.00. The Bertz CT molecular complexity index is 945. The summed E-state index contributed by atoms with van der Waals surface area (Å²) < 4.78 is 16.9. The number of carbonyl (C=O) groups excluding carboxylic acids is 2. The Hall–Kier alpha value is -3.22. The minimum absolute atomic E-state index is 0.0447. The SMILES string of the molecule is Cc1ccccc1OCCN(C)C(=O)C1CC(=O)N(c2ccc3c(c2)OCCO3)C1. The Morgan fingerprint density at radius 2 is 1.93 bits per heavy atom. The van der Waals surface area contributed by atoms with E-state index < -0.39 is 0 Å². The normalized spacial score (nSPS) is 17.7. The third kappa shape index (κ3) is 4.20. The molecule has 0 saturated carbocycles. The van der Waals surface area contributed by atoms with Gasteiger partial charge in [0.25, 0.3) is 0 Å². The minimum atomic E-state index is -0.367. The van der Waals surface area contributed by atoms with Crippen LogP contribution in [0.3, 0.4) is 0 Å². The zero-order chi connectivity index (χ0) is 21.1. The first kappa shape index (κ1) is 20.1. The van der Waals surface area contributed by atoms with Crippen LogP contribution >= 0.6 is 0 Å².